The highest BCUT2D eigenvalue weighted by Crippen LogP contribution is 2.42. The van der Waals surface area contributed by atoms with Crippen LogP contribution >= 0.6 is 0 Å². The quantitative estimate of drug-likeness (QED) is 0.557. The van der Waals surface area contributed by atoms with Gasteiger partial charge in [0.25, 0.3) is 5.91 Å². The number of aromatic nitrogens is 2. The zero-order valence-corrected chi connectivity index (χ0v) is 17.6. The molecule has 1 saturated carbocycles. The average molecular weight is 433 g/mol. The van der Waals surface area contributed by atoms with Gasteiger partial charge in [-0.05, 0) is 49.9 Å². The molecule has 2 fully saturated rings. The number of carbonyl (C=O) groups excluding carboxylic acids is 3. The summed E-state index contributed by atoms with van der Waals surface area (Å²) in [6.45, 7) is 1.67. The fourth-order valence-corrected chi connectivity index (χ4v) is 4.02. The van der Waals surface area contributed by atoms with Crippen LogP contribution in [0, 0.1) is 5.92 Å². The van der Waals surface area contributed by atoms with Gasteiger partial charge in [-0.2, -0.15) is 0 Å². The first kappa shape index (κ1) is 20.0. The lowest BCUT2D eigenvalue weighted by Crippen LogP contribution is -2.46. The Morgan fingerprint density at radius 2 is 2.09 bits per heavy atom. The average Bonchev–Trinajstić information content (AvgIpc) is 3.51. The molecule has 3 heterocycles. The summed E-state index contributed by atoms with van der Waals surface area (Å²) in [7, 11) is 0. The Hall–Kier alpha value is -3.88. The van der Waals surface area contributed by atoms with E-state index >= 15 is 0 Å². The number of rotatable bonds is 7. The van der Waals surface area contributed by atoms with Crippen molar-refractivity contribution in [3.63, 3.8) is 0 Å². The second-order valence-electron chi connectivity index (χ2n) is 8.36. The minimum atomic E-state index is -0.900. The van der Waals surface area contributed by atoms with E-state index in [0.29, 0.717) is 11.4 Å². The SMILES string of the molecule is CC1(C2CC2)NC(=O)N(CC(=O)Nc2cccc(OCc3cn4ccccc4n3)c2)C1=O. The van der Waals surface area contributed by atoms with Crippen molar-refractivity contribution in [2.75, 3.05) is 11.9 Å². The van der Waals surface area contributed by atoms with E-state index in [-0.39, 0.29) is 25.0 Å². The molecule has 2 aliphatic rings. The van der Waals surface area contributed by atoms with Crippen LogP contribution in [0.1, 0.15) is 25.5 Å². The van der Waals surface area contributed by atoms with Crippen LogP contribution < -0.4 is 15.4 Å². The van der Waals surface area contributed by atoms with Gasteiger partial charge in [0.05, 0.1) is 5.69 Å². The first-order chi connectivity index (χ1) is 15.4. The second-order valence-corrected chi connectivity index (χ2v) is 8.36. The number of hydrogen-bond donors (Lipinski definition) is 2. The number of fused-ring (bicyclic) bond motifs is 1. The van der Waals surface area contributed by atoms with E-state index in [4.69, 9.17) is 4.74 Å². The molecule has 32 heavy (non-hydrogen) atoms. The van der Waals surface area contributed by atoms with Gasteiger partial charge in [0.1, 0.15) is 30.1 Å². The summed E-state index contributed by atoms with van der Waals surface area (Å²) in [6, 6.07) is 12.2. The molecule has 0 bridgehead atoms. The summed E-state index contributed by atoms with van der Waals surface area (Å²) in [5.74, 6) is -0.0827. The Morgan fingerprint density at radius 1 is 1.25 bits per heavy atom. The van der Waals surface area contributed by atoms with E-state index in [1.54, 1.807) is 31.2 Å². The van der Waals surface area contributed by atoms with E-state index in [2.05, 4.69) is 15.6 Å². The van der Waals surface area contributed by atoms with Crippen molar-refractivity contribution >= 4 is 29.2 Å². The number of urea groups is 1. The van der Waals surface area contributed by atoms with Crippen LogP contribution in [0.4, 0.5) is 10.5 Å². The molecule has 1 aliphatic carbocycles. The highest BCUT2D eigenvalue weighted by atomic mass is 16.5. The molecular formula is C23H23N5O4. The molecule has 3 aromatic rings. The maximum atomic E-state index is 12.7. The summed E-state index contributed by atoms with van der Waals surface area (Å²) in [6.07, 6.45) is 5.63. The number of nitrogens with one attached hydrogen (secondary N) is 2. The van der Waals surface area contributed by atoms with E-state index < -0.39 is 17.5 Å². The number of benzene rings is 1. The predicted molar refractivity (Wildman–Crippen MR) is 116 cm³/mol. The van der Waals surface area contributed by atoms with Crippen LogP contribution in [-0.2, 0) is 16.2 Å². The molecular weight excluding hydrogens is 410 g/mol. The molecule has 4 amide bonds. The fourth-order valence-electron chi connectivity index (χ4n) is 4.02. The van der Waals surface area contributed by atoms with Crippen molar-refractivity contribution in [2.24, 2.45) is 5.92 Å². The van der Waals surface area contributed by atoms with Crippen LogP contribution in [0.3, 0.4) is 0 Å². The standard InChI is InChI=1S/C23H23N5O4/c1-23(15-8-9-15)21(30)28(22(31)26-23)13-20(29)25-16-5-4-6-18(11-16)32-14-17-12-27-10-3-2-7-19(27)24-17/h2-7,10-12,15H,8-9,13-14H2,1H3,(H,25,29)(H,26,31). The van der Waals surface area contributed by atoms with Gasteiger partial charge in [-0.25, -0.2) is 9.78 Å². The van der Waals surface area contributed by atoms with E-state index in [9.17, 15) is 14.4 Å². The van der Waals surface area contributed by atoms with E-state index in [1.807, 2.05) is 35.0 Å². The number of carbonyl (C=O) groups is 3. The molecule has 1 unspecified atom stereocenters. The van der Waals surface area contributed by atoms with Gasteiger partial charge in [-0.3, -0.25) is 14.5 Å². The topological polar surface area (TPSA) is 105 Å². The van der Waals surface area contributed by atoms with Gasteiger partial charge >= 0.3 is 6.03 Å². The Labute approximate surface area is 184 Å². The molecule has 1 aliphatic heterocycles. The molecule has 2 aromatic heterocycles. The molecule has 0 radical (unpaired) electrons. The monoisotopic (exact) mass is 433 g/mol. The van der Waals surface area contributed by atoms with Gasteiger partial charge in [-0.1, -0.05) is 12.1 Å². The molecule has 9 nitrogen and oxygen atoms in total. The fraction of sp³-hybridized carbons (Fsp3) is 0.304. The third-order valence-corrected chi connectivity index (χ3v) is 5.92. The number of amides is 4. The highest BCUT2D eigenvalue weighted by Gasteiger charge is 2.56. The van der Waals surface area contributed by atoms with Crippen LogP contribution in [0.5, 0.6) is 5.75 Å². The summed E-state index contributed by atoms with van der Waals surface area (Å²) < 4.78 is 7.73. The van der Waals surface area contributed by atoms with Gasteiger partial charge < -0.3 is 19.8 Å². The van der Waals surface area contributed by atoms with Crippen molar-refractivity contribution in [1.29, 1.82) is 0 Å². The molecule has 1 atom stereocenters. The number of pyridine rings is 1. The van der Waals surface area contributed by atoms with Gasteiger partial charge in [-0.15, -0.1) is 0 Å². The maximum Gasteiger partial charge on any atom is 0.325 e. The van der Waals surface area contributed by atoms with Crippen molar-refractivity contribution in [3.05, 3.63) is 60.6 Å². The predicted octanol–water partition coefficient (Wildman–Crippen LogP) is 2.57. The van der Waals surface area contributed by atoms with Crippen LogP contribution in [-0.4, -0.2) is 44.2 Å². The number of hydrogen-bond acceptors (Lipinski definition) is 5. The smallest absolute Gasteiger partial charge is 0.325 e. The Balaban J connectivity index is 1.19. The number of imidazole rings is 1. The summed E-state index contributed by atoms with van der Waals surface area (Å²) in [5, 5.41) is 5.47. The van der Waals surface area contributed by atoms with Crippen molar-refractivity contribution in [1.82, 2.24) is 19.6 Å². The first-order valence-corrected chi connectivity index (χ1v) is 10.5. The third kappa shape index (κ3) is 3.77. The summed E-state index contributed by atoms with van der Waals surface area (Å²) in [4.78, 5) is 42.9. The van der Waals surface area contributed by atoms with Crippen LogP contribution in [0.25, 0.3) is 5.65 Å². The van der Waals surface area contributed by atoms with Gasteiger partial charge in [0, 0.05) is 24.1 Å². The second kappa shape index (κ2) is 7.67. The lowest BCUT2D eigenvalue weighted by molar-refractivity contribution is -0.134. The molecule has 0 spiro atoms. The number of nitrogens with zero attached hydrogens (tertiary/aromatic N) is 3. The Morgan fingerprint density at radius 3 is 2.88 bits per heavy atom. The van der Waals surface area contributed by atoms with Crippen LogP contribution in [0.2, 0.25) is 0 Å². The zero-order valence-electron chi connectivity index (χ0n) is 17.6. The largest absolute Gasteiger partial charge is 0.487 e. The minimum Gasteiger partial charge on any atom is -0.487 e. The summed E-state index contributed by atoms with van der Waals surface area (Å²) in [5.41, 5.74) is 1.23. The van der Waals surface area contributed by atoms with E-state index in [1.165, 1.54) is 0 Å². The minimum absolute atomic E-state index is 0.147. The Kier molecular flexibility index (Phi) is 4.80. The molecule has 1 saturated heterocycles. The van der Waals surface area contributed by atoms with Gasteiger partial charge in [0.2, 0.25) is 5.91 Å². The number of anilines is 1. The Bertz CT molecular complexity index is 1180. The molecule has 9 heteroatoms. The van der Waals surface area contributed by atoms with Gasteiger partial charge in [0.15, 0.2) is 0 Å². The molecule has 164 valence electrons. The van der Waals surface area contributed by atoms with Crippen molar-refractivity contribution in [3.8, 4) is 5.75 Å². The lowest BCUT2D eigenvalue weighted by Gasteiger charge is -2.20. The molecule has 5 rings (SSSR count). The number of imide groups is 1. The maximum absolute atomic E-state index is 12.7. The van der Waals surface area contributed by atoms with Crippen LogP contribution in [0.15, 0.2) is 54.9 Å². The normalized spacial score (nSPS) is 20.5. The molecule has 1 aromatic carbocycles. The number of ether oxygens (including phenoxy) is 1. The lowest BCUT2D eigenvalue weighted by atomic mass is 9.96. The highest BCUT2D eigenvalue weighted by molar-refractivity contribution is 6.10. The molecule has 2 N–H and O–H groups in total. The zero-order chi connectivity index (χ0) is 22.3. The third-order valence-electron chi connectivity index (χ3n) is 5.92. The van der Waals surface area contributed by atoms with Crippen molar-refractivity contribution < 1.29 is 19.1 Å². The van der Waals surface area contributed by atoms with E-state index in [0.717, 1.165) is 29.1 Å². The first-order valence-electron chi connectivity index (χ1n) is 10.5. The van der Waals surface area contributed by atoms with Crippen molar-refractivity contribution in [2.45, 2.75) is 31.9 Å². The summed E-state index contributed by atoms with van der Waals surface area (Å²) >= 11 is 0.